The fraction of sp³-hybridized carbons (Fsp3) is 0.421. The van der Waals surface area contributed by atoms with Crippen molar-refractivity contribution in [3.63, 3.8) is 0 Å². The van der Waals surface area contributed by atoms with Crippen LogP contribution in [0.1, 0.15) is 19.8 Å². The summed E-state index contributed by atoms with van der Waals surface area (Å²) in [4.78, 5) is 10.0. The maximum atomic E-state index is 8.54. The van der Waals surface area contributed by atoms with E-state index in [0.717, 1.165) is 22.1 Å². The molecular formula is C19H29I2N7O2. The van der Waals surface area contributed by atoms with E-state index in [1.54, 1.807) is 11.0 Å². The van der Waals surface area contributed by atoms with Crippen LogP contribution in [0.2, 0.25) is 0 Å². The fourth-order valence-corrected chi connectivity index (χ4v) is 3.34. The van der Waals surface area contributed by atoms with Gasteiger partial charge in [-0.3, -0.25) is 5.73 Å². The van der Waals surface area contributed by atoms with Crippen LogP contribution in [-0.4, -0.2) is 53.3 Å². The SMILES string of the molecule is C=CC1=C(/C=C(\C)C(=N)C/C(=N\C=N/C(=C)N)NC(CI)CCOI)N(C)[C@H](N)O1. The summed E-state index contributed by atoms with van der Waals surface area (Å²) in [5, 5.41) is 11.9. The average Bonchev–Trinajstić information content (AvgIpc) is 2.98. The lowest BCUT2D eigenvalue weighted by molar-refractivity contribution is 0.0667. The minimum atomic E-state index is -0.574. The van der Waals surface area contributed by atoms with Gasteiger partial charge in [-0.15, -0.1) is 0 Å². The molecule has 0 fully saturated rings. The van der Waals surface area contributed by atoms with Gasteiger partial charge in [-0.05, 0) is 31.1 Å². The number of nitrogens with one attached hydrogen (secondary N) is 2. The first kappa shape index (κ1) is 26.6. The van der Waals surface area contributed by atoms with Crippen LogP contribution < -0.4 is 16.8 Å². The number of amidine groups is 1. The minimum absolute atomic E-state index is 0.146. The number of hydrogen-bond donors (Lipinski definition) is 4. The van der Waals surface area contributed by atoms with Gasteiger partial charge in [0, 0.05) is 29.6 Å². The molecule has 0 bridgehead atoms. The van der Waals surface area contributed by atoms with Gasteiger partial charge in [0.2, 0.25) is 6.35 Å². The van der Waals surface area contributed by atoms with Gasteiger partial charge >= 0.3 is 0 Å². The molecule has 11 heteroatoms. The second kappa shape index (κ2) is 13.8. The Balaban J connectivity index is 3.02. The monoisotopic (exact) mass is 641 g/mol. The molecule has 0 aromatic carbocycles. The van der Waals surface area contributed by atoms with Crippen molar-refractivity contribution in [2.45, 2.75) is 32.2 Å². The van der Waals surface area contributed by atoms with Crippen LogP contribution in [0.25, 0.3) is 0 Å². The highest BCUT2D eigenvalue weighted by atomic mass is 127. The van der Waals surface area contributed by atoms with Gasteiger partial charge in [0.25, 0.3) is 0 Å². The molecule has 1 aliphatic rings. The molecule has 6 N–H and O–H groups in total. The highest BCUT2D eigenvalue weighted by Crippen LogP contribution is 2.24. The van der Waals surface area contributed by atoms with Gasteiger partial charge in [-0.1, -0.05) is 35.7 Å². The van der Waals surface area contributed by atoms with Crippen molar-refractivity contribution in [1.82, 2.24) is 10.2 Å². The largest absolute Gasteiger partial charge is 0.455 e. The summed E-state index contributed by atoms with van der Waals surface area (Å²) in [5.41, 5.74) is 13.3. The van der Waals surface area contributed by atoms with E-state index in [-0.39, 0.29) is 18.3 Å². The van der Waals surface area contributed by atoms with Gasteiger partial charge in [0.15, 0.2) is 0 Å². The van der Waals surface area contributed by atoms with E-state index in [2.05, 4.69) is 51.1 Å². The summed E-state index contributed by atoms with van der Waals surface area (Å²) in [7, 11) is 1.83. The molecule has 1 aliphatic heterocycles. The van der Waals surface area contributed by atoms with Gasteiger partial charge in [0.05, 0.1) is 12.3 Å². The first-order chi connectivity index (χ1) is 14.2. The first-order valence-corrected chi connectivity index (χ1v) is 11.5. The number of allylic oxidation sites excluding steroid dienone is 3. The zero-order valence-corrected chi connectivity index (χ0v) is 21.5. The van der Waals surface area contributed by atoms with E-state index >= 15 is 0 Å². The lowest BCUT2D eigenvalue weighted by atomic mass is 10.1. The second-order valence-electron chi connectivity index (χ2n) is 6.46. The normalized spacial score (nSPS) is 18.6. The Labute approximate surface area is 205 Å². The Morgan fingerprint density at radius 3 is 2.80 bits per heavy atom. The van der Waals surface area contributed by atoms with Crippen molar-refractivity contribution < 1.29 is 7.80 Å². The quantitative estimate of drug-likeness (QED) is 0.112. The van der Waals surface area contributed by atoms with E-state index in [1.165, 1.54) is 6.34 Å². The minimum Gasteiger partial charge on any atom is -0.455 e. The predicted octanol–water partition coefficient (Wildman–Crippen LogP) is 2.95. The van der Waals surface area contributed by atoms with Crippen LogP contribution in [-0.2, 0) is 7.80 Å². The van der Waals surface area contributed by atoms with Crippen LogP contribution in [0.3, 0.4) is 0 Å². The molecule has 0 aromatic rings. The zero-order chi connectivity index (χ0) is 22.7. The summed E-state index contributed by atoms with van der Waals surface area (Å²) in [6.07, 6.45) is 5.33. The lowest BCUT2D eigenvalue weighted by Gasteiger charge is -2.19. The van der Waals surface area contributed by atoms with Crippen molar-refractivity contribution in [2.24, 2.45) is 21.5 Å². The third-order valence-electron chi connectivity index (χ3n) is 4.16. The summed E-state index contributed by atoms with van der Waals surface area (Å²) in [6.45, 7) is 9.76. The summed E-state index contributed by atoms with van der Waals surface area (Å²) in [5.74, 6) is 1.36. The highest BCUT2D eigenvalue weighted by molar-refractivity contribution is 14.1. The van der Waals surface area contributed by atoms with E-state index in [4.69, 9.17) is 24.7 Å². The second-order valence-corrected chi connectivity index (χ2v) is 7.97. The molecule has 0 aromatic heterocycles. The number of nitrogens with zero attached hydrogens (tertiary/aromatic N) is 3. The van der Waals surface area contributed by atoms with Crippen LogP contribution in [0.15, 0.2) is 58.1 Å². The number of aliphatic imine (C=N–C) groups is 2. The molecule has 9 nitrogen and oxygen atoms in total. The Hall–Kier alpha value is -1.45. The molecule has 0 saturated heterocycles. The summed E-state index contributed by atoms with van der Waals surface area (Å²) < 4.78 is 11.5. The van der Waals surface area contributed by atoms with Crippen molar-refractivity contribution in [2.75, 3.05) is 18.1 Å². The molecule has 0 amide bonds. The molecule has 0 spiro atoms. The van der Waals surface area contributed by atoms with Crippen LogP contribution in [0.5, 0.6) is 0 Å². The fourth-order valence-electron chi connectivity index (χ4n) is 2.42. The molecule has 0 radical (unpaired) electrons. The van der Waals surface area contributed by atoms with Crippen LogP contribution in [0, 0.1) is 5.41 Å². The lowest BCUT2D eigenvalue weighted by Crippen LogP contribution is -2.38. The smallest absolute Gasteiger partial charge is 0.227 e. The molecule has 0 saturated carbocycles. The van der Waals surface area contributed by atoms with Crippen molar-refractivity contribution in [1.29, 1.82) is 5.41 Å². The zero-order valence-electron chi connectivity index (χ0n) is 17.2. The summed E-state index contributed by atoms with van der Waals surface area (Å²) >= 11 is 4.19. The highest BCUT2D eigenvalue weighted by Gasteiger charge is 2.25. The van der Waals surface area contributed by atoms with Gasteiger partial charge in [-0.2, -0.15) is 0 Å². The van der Waals surface area contributed by atoms with E-state index in [9.17, 15) is 0 Å². The topological polar surface area (TPSA) is 134 Å². The maximum absolute atomic E-state index is 8.54. The molecule has 1 heterocycles. The Morgan fingerprint density at radius 2 is 2.23 bits per heavy atom. The number of likely N-dealkylation sites (N-methyl/N-ethyl adjacent to an activating group) is 1. The Bertz CT molecular complexity index is 762. The molecule has 30 heavy (non-hydrogen) atoms. The number of ether oxygens (including phenoxy) is 1. The van der Waals surface area contributed by atoms with Crippen LogP contribution >= 0.6 is 45.6 Å². The number of halogens is 2. The van der Waals surface area contributed by atoms with Crippen molar-refractivity contribution in [3.05, 3.63) is 48.2 Å². The Morgan fingerprint density at radius 1 is 1.53 bits per heavy atom. The van der Waals surface area contributed by atoms with E-state index in [1.807, 2.05) is 43.1 Å². The van der Waals surface area contributed by atoms with E-state index in [0.29, 0.717) is 23.9 Å². The summed E-state index contributed by atoms with van der Waals surface area (Å²) in [6, 6.07) is 0.146. The molecule has 2 atom stereocenters. The average molecular weight is 641 g/mol. The Kier molecular flexibility index (Phi) is 12.2. The third-order valence-corrected chi connectivity index (χ3v) is 5.66. The molecule has 0 aliphatic carbocycles. The van der Waals surface area contributed by atoms with Gasteiger partial charge in [-0.25, -0.2) is 9.98 Å². The van der Waals surface area contributed by atoms with Crippen molar-refractivity contribution in [3.8, 4) is 0 Å². The number of alkyl halides is 1. The molecule has 1 unspecified atom stereocenters. The number of nitrogens with two attached hydrogens (primary N) is 2. The van der Waals surface area contributed by atoms with Gasteiger partial charge in [0.1, 0.15) is 46.8 Å². The maximum Gasteiger partial charge on any atom is 0.227 e. The molecule has 1 rings (SSSR count). The van der Waals surface area contributed by atoms with Gasteiger partial charge < -0.3 is 29.2 Å². The third kappa shape index (κ3) is 8.73. The number of rotatable bonds is 12. The number of hydrogen-bond acceptors (Lipinski definition) is 7. The van der Waals surface area contributed by atoms with E-state index < -0.39 is 6.35 Å². The van der Waals surface area contributed by atoms with Crippen LogP contribution in [0.4, 0.5) is 0 Å². The molecular weight excluding hydrogens is 612 g/mol. The standard InChI is InChI=1S/C19H29I2N7O2/c1-5-17-16(28(4)19(24)30-17)8-12(2)15(23)9-18(26-11-25-13(3)22)27-14(10-20)6-7-29-21/h5,8,11,14,19,23H,1,3,6-7,9-10,22,24H2,2,4H3,(H,25,26,27)/b12-8+,23-15?/t14?,19-/m0/s1. The molecule has 166 valence electrons. The predicted molar refractivity (Wildman–Crippen MR) is 140 cm³/mol. The van der Waals surface area contributed by atoms with Crippen molar-refractivity contribution >= 4 is 63.5 Å². The first-order valence-electron chi connectivity index (χ1n) is 9.10.